The molecule has 57 heavy (non-hydrogen) atoms. The Morgan fingerprint density at radius 2 is 1.68 bits per heavy atom. The molecule has 0 amide bonds. The number of carboxylic acids is 1. The van der Waals surface area contributed by atoms with Gasteiger partial charge in [-0.3, -0.25) is 20.0 Å². The third-order valence-corrected chi connectivity index (χ3v) is 10.7. The number of halogens is 1. The van der Waals surface area contributed by atoms with Crippen LogP contribution in [0.25, 0.3) is 11.1 Å². The van der Waals surface area contributed by atoms with Crippen molar-refractivity contribution in [2.45, 2.75) is 58.1 Å². The van der Waals surface area contributed by atoms with E-state index in [0.717, 1.165) is 65.1 Å². The van der Waals surface area contributed by atoms with Crippen molar-refractivity contribution in [3.05, 3.63) is 141 Å². The number of ether oxygens (including phenoxy) is 3. The van der Waals surface area contributed by atoms with E-state index < -0.39 is 24.2 Å². The molecule has 0 saturated carbocycles. The Labute approximate surface area is 338 Å². The van der Waals surface area contributed by atoms with Gasteiger partial charge in [-0.25, -0.2) is 0 Å². The first kappa shape index (κ1) is 41.2. The summed E-state index contributed by atoms with van der Waals surface area (Å²) >= 11 is 6.72. The predicted molar refractivity (Wildman–Crippen MR) is 217 cm³/mol. The third-order valence-electron chi connectivity index (χ3n) is 10.4. The summed E-state index contributed by atoms with van der Waals surface area (Å²) in [5.74, 6) is 0.392. The second-order valence-electron chi connectivity index (χ2n) is 14.3. The van der Waals surface area contributed by atoms with E-state index in [2.05, 4.69) is 47.3 Å². The lowest BCUT2D eigenvalue weighted by molar-refractivity contribution is -0.140. The van der Waals surface area contributed by atoms with Crippen LogP contribution >= 0.6 is 11.6 Å². The number of benzene rings is 4. The Hall–Kier alpha value is -5.48. The van der Waals surface area contributed by atoms with Crippen LogP contribution < -0.4 is 19.5 Å². The van der Waals surface area contributed by atoms with E-state index in [4.69, 9.17) is 25.8 Å². The maximum Gasteiger partial charge on any atom is 0.323 e. The zero-order valence-electron chi connectivity index (χ0n) is 32.1. The standard InChI is InChI=1S/C45H47ClN4O7/c1-30-34(28-57-43-21-42(56-27-33-19-32(22-47)23-48-24-33)35(20-39(43)46)25-49-40(26-51)44(52)53)9-6-12-37(30)38-13-7-14-41(31(38)2)55-18-8-16-50-17-15-45(54,29-50)36-10-4-3-5-11-36/h3-7,9-14,19-21,23-24,40,49,51,54H,8,15-18,25-29H2,1-2H3,(H,52,53). The van der Waals surface area contributed by atoms with Gasteiger partial charge in [-0.1, -0.05) is 72.3 Å². The summed E-state index contributed by atoms with van der Waals surface area (Å²) in [5, 5.41) is 42.5. The Morgan fingerprint density at radius 1 is 0.930 bits per heavy atom. The lowest BCUT2D eigenvalue weighted by atomic mass is 9.93. The number of pyridine rings is 1. The van der Waals surface area contributed by atoms with E-state index >= 15 is 0 Å². The maximum atomic E-state index is 11.5. The molecule has 1 saturated heterocycles. The highest BCUT2D eigenvalue weighted by atomic mass is 35.5. The van der Waals surface area contributed by atoms with Crippen molar-refractivity contribution in [3.63, 3.8) is 0 Å². The zero-order valence-corrected chi connectivity index (χ0v) is 32.8. The van der Waals surface area contributed by atoms with Crippen LogP contribution in [0.3, 0.4) is 0 Å². The number of aromatic nitrogens is 1. The van der Waals surface area contributed by atoms with Crippen molar-refractivity contribution < 1.29 is 34.3 Å². The molecule has 0 aliphatic carbocycles. The van der Waals surface area contributed by atoms with E-state index in [9.17, 15) is 25.4 Å². The van der Waals surface area contributed by atoms with E-state index in [1.165, 1.54) is 6.20 Å². The van der Waals surface area contributed by atoms with Gasteiger partial charge < -0.3 is 29.5 Å². The molecular formula is C45H47ClN4O7. The molecule has 4 aromatic carbocycles. The van der Waals surface area contributed by atoms with E-state index in [0.29, 0.717) is 46.4 Å². The second-order valence-corrected chi connectivity index (χ2v) is 14.7. The lowest BCUT2D eigenvalue weighted by Crippen LogP contribution is -2.39. The zero-order chi connectivity index (χ0) is 40.4. The lowest BCUT2D eigenvalue weighted by Gasteiger charge is -2.24. The van der Waals surface area contributed by atoms with Crippen LogP contribution in [0.4, 0.5) is 0 Å². The molecule has 2 atom stereocenters. The fourth-order valence-corrected chi connectivity index (χ4v) is 7.32. The molecule has 0 radical (unpaired) electrons. The van der Waals surface area contributed by atoms with Gasteiger partial charge in [-0.2, -0.15) is 5.26 Å². The van der Waals surface area contributed by atoms with Crippen molar-refractivity contribution in [3.8, 4) is 34.4 Å². The summed E-state index contributed by atoms with van der Waals surface area (Å²) in [7, 11) is 0. The molecule has 296 valence electrons. The molecule has 5 aromatic rings. The number of aliphatic carboxylic acids is 1. The van der Waals surface area contributed by atoms with Crippen molar-refractivity contribution >= 4 is 17.6 Å². The summed E-state index contributed by atoms with van der Waals surface area (Å²) in [4.78, 5) is 17.9. The normalized spacial score (nSPS) is 15.9. The van der Waals surface area contributed by atoms with Crippen LogP contribution in [0.5, 0.6) is 17.2 Å². The Morgan fingerprint density at radius 3 is 2.44 bits per heavy atom. The van der Waals surface area contributed by atoms with Crippen molar-refractivity contribution in [1.29, 1.82) is 5.26 Å². The molecular weight excluding hydrogens is 744 g/mol. The Bertz CT molecular complexity index is 2210. The van der Waals surface area contributed by atoms with Crippen LogP contribution in [-0.2, 0) is 30.2 Å². The topological polar surface area (TPSA) is 157 Å². The van der Waals surface area contributed by atoms with Crippen LogP contribution in [0.1, 0.15) is 51.8 Å². The molecule has 12 heteroatoms. The molecule has 1 aliphatic heterocycles. The number of hydrogen-bond acceptors (Lipinski definition) is 10. The van der Waals surface area contributed by atoms with Gasteiger partial charge in [0.2, 0.25) is 0 Å². The van der Waals surface area contributed by atoms with Gasteiger partial charge >= 0.3 is 5.97 Å². The molecule has 4 N–H and O–H groups in total. The number of nitriles is 1. The van der Waals surface area contributed by atoms with Crippen LogP contribution in [0.2, 0.25) is 5.02 Å². The van der Waals surface area contributed by atoms with Gasteiger partial charge in [0.1, 0.15) is 48.2 Å². The minimum absolute atomic E-state index is 0.0458. The molecule has 6 rings (SSSR count). The molecule has 0 bridgehead atoms. The summed E-state index contributed by atoms with van der Waals surface area (Å²) < 4.78 is 18.8. The van der Waals surface area contributed by atoms with E-state index in [-0.39, 0.29) is 19.8 Å². The highest BCUT2D eigenvalue weighted by molar-refractivity contribution is 6.32. The van der Waals surface area contributed by atoms with Gasteiger partial charge in [0.05, 0.1) is 23.8 Å². The molecule has 0 spiro atoms. The number of aliphatic hydroxyl groups excluding tert-OH is 1. The monoisotopic (exact) mass is 790 g/mol. The number of likely N-dealkylation sites (tertiary alicyclic amines) is 1. The molecule has 11 nitrogen and oxygen atoms in total. The molecule has 1 fully saturated rings. The third kappa shape index (κ3) is 10.3. The quantitative estimate of drug-likeness (QED) is 0.0682. The number of β-amino-alcohol motifs (C(OH)–C–C–N with tert-alkyl or cyclic N) is 1. The van der Waals surface area contributed by atoms with Crippen molar-refractivity contribution in [2.75, 3.05) is 32.8 Å². The SMILES string of the molecule is Cc1c(COc2cc(OCc3cncc(C#N)c3)c(CNC(CO)C(=O)O)cc2Cl)cccc1-c1cccc(OCCCN2CCC(O)(c3ccccc3)C2)c1C. The average molecular weight is 791 g/mol. The number of aliphatic hydroxyl groups is 2. The first-order chi connectivity index (χ1) is 27.6. The highest BCUT2D eigenvalue weighted by Gasteiger charge is 2.37. The van der Waals surface area contributed by atoms with Gasteiger partial charge in [-0.05, 0) is 78.3 Å². The molecule has 1 aromatic heterocycles. The van der Waals surface area contributed by atoms with Crippen LogP contribution in [0, 0.1) is 25.2 Å². The largest absolute Gasteiger partial charge is 0.493 e. The Balaban J connectivity index is 1.12. The fraction of sp³-hybridized carbons (Fsp3) is 0.311. The van der Waals surface area contributed by atoms with E-state index in [1.807, 2.05) is 54.6 Å². The Kier molecular flexibility index (Phi) is 13.8. The van der Waals surface area contributed by atoms with Crippen LogP contribution in [-0.4, -0.2) is 70.1 Å². The minimum atomic E-state index is -1.19. The summed E-state index contributed by atoms with van der Waals surface area (Å²) in [6, 6.07) is 27.9. The fourth-order valence-electron chi connectivity index (χ4n) is 7.08. The number of carboxylic acid groups (broad SMARTS) is 1. The van der Waals surface area contributed by atoms with E-state index in [1.54, 1.807) is 24.4 Å². The number of hydrogen-bond donors (Lipinski definition) is 4. The number of rotatable bonds is 18. The summed E-state index contributed by atoms with van der Waals surface area (Å²) in [6.45, 7) is 6.74. The second kappa shape index (κ2) is 19.1. The van der Waals surface area contributed by atoms with Crippen LogP contribution in [0.15, 0.2) is 97.3 Å². The first-order valence-corrected chi connectivity index (χ1v) is 19.3. The molecule has 2 heterocycles. The highest BCUT2D eigenvalue weighted by Crippen LogP contribution is 2.37. The molecule has 2 unspecified atom stereocenters. The van der Waals surface area contributed by atoms with Crippen molar-refractivity contribution in [1.82, 2.24) is 15.2 Å². The first-order valence-electron chi connectivity index (χ1n) is 18.9. The summed E-state index contributed by atoms with van der Waals surface area (Å²) in [6.07, 6.45) is 4.61. The maximum absolute atomic E-state index is 11.5. The summed E-state index contributed by atoms with van der Waals surface area (Å²) in [5.41, 5.74) is 6.92. The van der Waals surface area contributed by atoms with Gasteiger partial charge in [0.15, 0.2) is 0 Å². The minimum Gasteiger partial charge on any atom is -0.493 e. The van der Waals surface area contributed by atoms with Gasteiger partial charge in [0.25, 0.3) is 0 Å². The van der Waals surface area contributed by atoms with Gasteiger partial charge in [-0.15, -0.1) is 0 Å². The number of nitrogens with one attached hydrogen (secondary N) is 1. The van der Waals surface area contributed by atoms with Gasteiger partial charge in [0, 0.05) is 55.8 Å². The average Bonchev–Trinajstić information content (AvgIpc) is 3.61. The number of carbonyl (C=O) groups is 1. The molecule has 1 aliphatic rings. The predicted octanol–water partition coefficient (Wildman–Crippen LogP) is 6.95. The smallest absolute Gasteiger partial charge is 0.323 e. The van der Waals surface area contributed by atoms with Crippen molar-refractivity contribution in [2.24, 2.45) is 0 Å². The number of nitrogens with zero attached hydrogens (tertiary/aromatic N) is 3.